The van der Waals surface area contributed by atoms with Gasteiger partial charge in [-0.1, -0.05) is 15.9 Å². The highest BCUT2D eigenvalue weighted by Crippen LogP contribution is 2.51. The molecule has 5 rings (SSSR count). The third-order valence-corrected chi connectivity index (χ3v) is 11.8. The molecule has 1 N–H and O–H groups in total. The van der Waals surface area contributed by atoms with E-state index in [1.165, 1.54) is 0 Å². The molecule has 4 aliphatic heterocycles. The van der Waals surface area contributed by atoms with Crippen LogP contribution in [0.25, 0.3) is 0 Å². The first-order valence-corrected chi connectivity index (χ1v) is 15.4. The highest BCUT2D eigenvalue weighted by atomic mass is 79.9. The molecular weight excluding hydrogens is 546 g/mol. The lowest BCUT2D eigenvalue weighted by molar-refractivity contribution is -0.249. The number of nitrogens with zero attached hydrogens (tertiary/aromatic N) is 1. The van der Waals surface area contributed by atoms with Crippen molar-refractivity contribution in [3.8, 4) is 0 Å². The molecule has 9 heteroatoms. The smallest absolute Gasteiger partial charge is 0.243 e. The second kappa shape index (κ2) is 9.28. The van der Waals surface area contributed by atoms with Crippen LogP contribution in [0.15, 0.2) is 33.6 Å². The highest BCUT2D eigenvalue weighted by Gasteiger charge is 2.57. The average Bonchev–Trinajstić information content (AvgIpc) is 2.98. The summed E-state index contributed by atoms with van der Waals surface area (Å²) in [6.45, 7) is 9.80. The van der Waals surface area contributed by atoms with E-state index in [2.05, 4.69) is 29.8 Å². The van der Waals surface area contributed by atoms with Gasteiger partial charge in [-0.25, -0.2) is 8.42 Å². The first-order valence-electron chi connectivity index (χ1n) is 13.2. The summed E-state index contributed by atoms with van der Waals surface area (Å²) < 4.78 is 49.0. The molecule has 1 aromatic rings. The van der Waals surface area contributed by atoms with Gasteiger partial charge in [0.25, 0.3) is 0 Å². The molecule has 4 heterocycles. The Bertz CT molecular complexity index is 1070. The number of ether oxygens (including phenoxy) is 3. The third kappa shape index (κ3) is 4.82. The second-order valence-corrected chi connectivity index (χ2v) is 15.2. The zero-order valence-corrected chi connectivity index (χ0v) is 24.2. The van der Waals surface area contributed by atoms with Crippen molar-refractivity contribution in [2.24, 2.45) is 5.41 Å². The van der Waals surface area contributed by atoms with Crippen LogP contribution < -0.4 is 0 Å². The molecular formula is C27H40BrNO6S. The summed E-state index contributed by atoms with van der Waals surface area (Å²) in [6, 6.07) is 6.84. The number of hydrogen-bond acceptors (Lipinski definition) is 6. The summed E-state index contributed by atoms with van der Waals surface area (Å²) in [6.07, 6.45) is 4.66. The Hall–Kier alpha value is -0.550. The van der Waals surface area contributed by atoms with Crippen LogP contribution in [0.5, 0.6) is 0 Å². The lowest BCUT2D eigenvalue weighted by atomic mass is 9.70. The van der Waals surface area contributed by atoms with Crippen molar-refractivity contribution in [1.29, 1.82) is 0 Å². The summed E-state index contributed by atoms with van der Waals surface area (Å²) >= 11 is 3.38. The summed E-state index contributed by atoms with van der Waals surface area (Å²) in [7, 11) is -3.52. The zero-order chi connectivity index (χ0) is 26.0. The second-order valence-electron chi connectivity index (χ2n) is 12.4. The predicted octanol–water partition coefficient (Wildman–Crippen LogP) is 4.66. The van der Waals surface area contributed by atoms with E-state index >= 15 is 0 Å². The van der Waals surface area contributed by atoms with Crippen LogP contribution in [-0.4, -0.2) is 72.6 Å². The van der Waals surface area contributed by atoms with Crippen LogP contribution in [0, 0.1) is 5.41 Å². The quantitative estimate of drug-likeness (QED) is 0.543. The molecule has 0 aliphatic carbocycles. The Morgan fingerprint density at radius 3 is 2.22 bits per heavy atom. The van der Waals surface area contributed by atoms with E-state index < -0.39 is 32.9 Å². The molecule has 1 aromatic carbocycles. The number of aliphatic hydroxyl groups excluding tert-OH is 1. The molecule has 4 saturated heterocycles. The Labute approximate surface area is 224 Å². The molecule has 36 heavy (non-hydrogen) atoms. The number of fused-ring (bicyclic) bond motifs is 2. The molecule has 4 fully saturated rings. The van der Waals surface area contributed by atoms with E-state index in [0.29, 0.717) is 31.0 Å². The predicted molar refractivity (Wildman–Crippen MR) is 140 cm³/mol. The lowest BCUT2D eigenvalue weighted by Crippen LogP contribution is -2.58. The van der Waals surface area contributed by atoms with Gasteiger partial charge in [-0.2, -0.15) is 4.31 Å². The minimum atomic E-state index is -3.52. The van der Waals surface area contributed by atoms with Crippen LogP contribution in [0.2, 0.25) is 0 Å². The highest BCUT2D eigenvalue weighted by molar-refractivity contribution is 9.10. The van der Waals surface area contributed by atoms with Crippen molar-refractivity contribution in [3.63, 3.8) is 0 Å². The van der Waals surface area contributed by atoms with E-state index in [1.807, 2.05) is 13.8 Å². The first-order chi connectivity index (χ1) is 16.8. The maximum atomic E-state index is 13.2. The Kier molecular flexibility index (Phi) is 6.97. The summed E-state index contributed by atoms with van der Waals surface area (Å²) in [5, 5.41) is 10.7. The maximum absolute atomic E-state index is 13.2. The van der Waals surface area contributed by atoms with Crippen molar-refractivity contribution in [2.75, 3.05) is 19.7 Å². The van der Waals surface area contributed by atoms with E-state index in [4.69, 9.17) is 14.2 Å². The van der Waals surface area contributed by atoms with E-state index in [-0.39, 0.29) is 17.6 Å². The molecule has 1 spiro atoms. The minimum Gasteiger partial charge on any atom is -0.390 e. The van der Waals surface area contributed by atoms with Gasteiger partial charge in [-0.05, 0) is 102 Å². The number of piperidine rings is 1. The molecule has 0 bridgehead atoms. The molecule has 0 aromatic heterocycles. The molecule has 202 valence electrons. The first kappa shape index (κ1) is 27.0. The fourth-order valence-electron chi connectivity index (χ4n) is 6.53. The standard InChI is InChI=1S/C27H40BrNO6S/c1-24(2)21(30)9-11-26(4)22(34-24)10-12-25(3)23(35-26)17-27(18-33-25)13-15-29(16-14-27)36(31,32)20-7-5-19(28)6-8-20/h5-8,21-23,30H,9-18H2,1-4H3/t21-,22-,23-,25+,26+/m1/s1. The van der Waals surface area contributed by atoms with Gasteiger partial charge in [0, 0.05) is 17.6 Å². The Morgan fingerprint density at radius 1 is 0.917 bits per heavy atom. The molecule has 5 atom stereocenters. The van der Waals surface area contributed by atoms with Gasteiger partial charge in [0.2, 0.25) is 10.0 Å². The van der Waals surface area contributed by atoms with Crippen LogP contribution in [-0.2, 0) is 24.2 Å². The van der Waals surface area contributed by atoms with E-state index in [1.54, 1.807) is 28.6 Å². The summed E-state index contributed by atoms with van der Waals surface area (Å²) in [5.41, 5.74) is -1.61. The minimum absolute atomic E-state index is 0.0992. The van der Waals surface area contributed by atoms with E-state index in [0.717, 1.165) is 43.0 Å². The van der Waals surface area contributed by atoms with Gasteiger partial charge in [0.1, 0.15) is 0 Å². The van der Waals surface area contributed by atoms with Gasteiger partial charge in [-0.15, -0.1) is 0 Å². The Morgan fingerprint density at radius 2 is 1.56 bits per heavy atom. The van der Waals surface area contributed by atoms with Gasteiger partial charge in [0.15, 0.2) is 0 Å². The summed E-state index contributed by atoms with van der Waals surface area (Å²) in [5.74, 6) is 0. The van der Waals surface area contributed by atoms with Crippen molar-refractivity contribution in [2.45, 2.75) is 113 Å². The molecule has 0 unspecified atom stereocenters. The Balaban J connectivity index is 1.31. The molecule has 7 nitrogen and oxygen atoms in total. The maximum Gasteiger partial charge on any atom is 0.243 e. The molecule has 0 saturated carbocycles. The fraction of sp³-hybridized carbons (Fsp3) is 0.778. The monoisotopic (exact) mass is 585 g/mol. The van der Waals surface area contributed by atoms with Gasteiger partial charge >= 0.3 is 0 Å². The largest absolute Gasteiger partial charge is 0.390 e. The van der Waals surface area contributed by atoms with Crippen molar-refractivity contribution in [1.82, 2.24) is 4.31 Å². The van der Waals surface area contributed by atoms with Crippen molar-refractivity contribution in [3.05, 3.63) is 28.7 Å². The van der Waals surface area contributed by atoms with Crippen LogP contribution in [0.4, 0.5) is 0 Å². The van der Waals surface area contributed by atoms with Gasteiger partial charge in [0.05, 0.1) is 46.6 Å². The third-order valence-electron chi connectivity index (χ3n) is 9.40. The lowest BCUT2D eigenvalue weighted by Gasteiger charge is -2.52. The molecule has 0 amide bonds. The molecule has 4 aliphatic rings. The fourth-order valence-corrected chi connectivity index (χ4v) is 8.23. The van der Waals surface area contributed by atoms with Gasteiger partial charge in [-0.3, -0.25) is 0 Å². The topological polar surface area (TPSA) is 85.3 Å². The van der Waals surface area contributed by atoms with E-state index in [9.17, 15) is 13.5 Å². The normalized spacial score (nSPS) is 39.0. The van der Waals surface area contributed by atoms with Crippen molar-refractivity contribution >= 4 is 26.0 Å². The number of rotatable bonds is 2. The van der Waals surface area contributed by atoms with Crippen molar-refractivity contribution < 1.29 is 27.7 Å². The summed E-state index contributed by atoms with van der Waals surface area (Å²) in [4.78, 5) is 0.332. The number of hydrogen-bond donors (Lipinski definition) is 1. The number of benzene rings is 1. The number of halogens is 1. The zero-order valence-electron chi connectivity index (χ0n) is 21.8. The van der Waals surface area contributed by atoms with Crippen LogP contribution in [0.3, 0.4) is 0 Å². The van der Waals surface area contributed by atoms with Crippen LogP contribution >= 0.6 is 15.9 Å². The average molecular weight is 587 g/mol. The van der Waals surface area contributed by atoms with Crippen LogP contribution in [0.1, 0.15) is 72.6 Å². The number of sulfonamides is 1. The number of aliphatic hydroxyl groups is 1. The SMILES string of the molecule is CC1(C)O[C@@H]2CC[C@]3(C)OCC4(CCN(S(=O)(=O)c5ccc(Br)cc5)CC4)C[C@H]3O[C@@]2(C)CC[C@H]1O. The van der Waals surface area contributed by atoms with Gasteiger partial charge < -0.3 is 19.3 Å². The molecule has 0 radical (unpaired) electrons.